The highest BCUT2D eigenvalue weighted by Gasteiger charge is 2.16. The smallest absolute Gasteiger partial charge is 0.141 e. The zero-order valence-corrected chi connectivity index (χ0v) is 17.1. The number of halogens is 2. The Morgan fingerprint density at radius 3 is 2.83 bits per heavy atom. The zero-order valence-electron chi connectivity index (χ0n) is 16.4. The molecule has 154 valence electrons. The largest absolute Gasteiger partial charge is 0.409 e. The van der Waals surface area contributed by atoms with Crippen LogP contribution in [0.3, 0.4) is 0 Å². The van der Waals surface area contributed by atoms with E-state index in [0.29, 0.717) is 16.6 Å². The number of nitrogens with one attached hydrogen (secondary N) is 1. The van der Waals surface area contributed by atoms with E-state index in [4.69, 9.17) is 16.4 Å². The van der Waals surface area contributed by atoms with Crippen molar-refractivity contribution in [3.63, 3.8) is 0 Å². The lowest BCUT2D eigenvalue weighted by Gasteiger charge is -2.22. The highest BCUT2D eigenvalue weighted by atomic mass is 35.5. The van der Waals surface area contributed by atoms with E-state index in [-0.39, 0.29) is 12.4 Å². The summed E-state index contributed by atoms with van der Waals surface area (Å²) in [5.74, 6) is -0.330. The zero-order chi connectivity index (χ0) is 20.5. The highest BCUT2D eigenvalue weighted by Crippen LogP contribution is 2.27. The number of hydrogen-bond acceptors (Lipinski definition) is 3. The lowest BCUT2D eigenvalue weighted by Crippen LogP contribution is -2.29. The normalized spacial score (nSPS) is 15.0. The molecule has 2 aromatic carbocycles. The minimum absolute atomic E-state index is 0.179. The third-order valence-electron chi connectivity index (χ3n) is 5.64. The molecule has 3 heterocycles. The van der Waals surface area contributed by atoms with Crippen molar-refractivity contribution in [2.24, 2.45) is 0 Å². The molecule has 5 rings (SSSR count). The van der Waals surface area contributed by atoms with Crippen molar-refractivity contribution < 1.29 is 9.23 Å². The second-order valence-electron chi connectivity index (χ2n) is 7.61. The summed E-state index contributed by atoms with van der Waals surface area (Å²) in [6.07, 6.45) is 8.10. The second kappa shape index (κ2) is 8.13. The average molecular weight is 425 g/mol. The second-order valence-corrected chi connectivity index (χ2v) is 8.02. The fourth-order valence-corrected chi connectivity index (χ4v) is 4.12. The van der Waals surface area contributed by atoms with Gasteiger partial charge in [-0.1, -0.05) is 23.7 Å². The van der Waals surface area contributed by atoms with E-state index in [9.17, 15) is 4.39 Å². The molecule has 7 heteroatoms. The number of fused-ring (bicyclic) bond motifs is 1. The van der Waals surface area contributed by atoms with Crippen LogP contribution in [-0.4, -0.2) is 27.6 Å². The molecule has 1 aliphatic rings. The molecule has 5 nitrogen and oxygen atoms in total. The average Bonchev–Trinajstić information content (AvgIpc) is 3.42. The van der Waals surface area contributed by atoms with E-state index in [1.807, 2.05) is 18.5 Å². The summed E-state index contributed by atoms with van der Waals surface area (Å²) < 4.78 is 17.3. The summed E-state index contributed by atoms with van der Waals surface area (Å²) in [5, 5.41) is 9.54. The van der Waals surface area contributed by atoms with Crippen molar-refractivity contribution >= 4 is 22.5 Å². The van der Waals surface area contributed by atoms with Gasteiger partial charge in [0.25, 0.3) is 0 Å². The van der Waals surface area contributed by atoms with E-state index >= 15 is 0 Å². The minimum Gasteiger partial charge on any atom is -0.409 e. The molecule has 0 unspecified atom stereocenters. The van der Waals surface area contributed by atoms with Gasteiger partial charge in [0.1, 0.15) is 12.4 Å². The van der Waals surface area contributed by atoms with Crippen LogP contribution in [-0.2, 0) is 6.61 Å². The van der Waals surface area contributed by atoms with Gasteiger partial charge in [0.15, 0.2) is 0 Å². The van der Waals surface area contributed by atoms with Crippen molar-refractivity contribution in [1.82, 2.24) is 19.8 Å². The van der Waals surface area contributed by atoms with Crippen molar-refractivity contribution in [1.29, 1.82) is 0 Å². The molecule has 0 amide bonds. The highest BCUT2D eigenvalue weighted by molar-refractivity contribution is 6.31. The number of hydrogen-bond donors (Lipinski definition) is 1. The van der Waals surface area contributed by atoms with Crippen LogP contribution in [0.25, 0.3) is 22.0 Å². The molecule has 1 aliphatic heterocycles. The Hall–Kier alpha value is -2.83. The van der Waals surface area contributed by atoms with Crippen molar-refractivity contribution in [2.75, 3.05) is 13.1 Å². The van der Waals surface area contributed by atoms with Crippen LogP contribution in [0.15, 0.2) is 61.1 Å². The van der Waals surface area contributed by atoms with E-state index in [1.54, 1.807) is 10.8 Å². The summed E-state index contributed by atoms with van der Waals surface area (Å²) in [5.41, 5.74) is 3.71. The van der Waals surface area contributed by atoms with E-state index < -0.39 is 0 Å². The number of aromatic nitrogens is 3. The SMILES string of the molecule is Fc1ccc(Cl)c(COn2ccc3ccc(-c4cnn(C5CCNCC5)c4)cc32)c1. The van der Waals surface area contributed by atoms with E-state index in [1.165, 1.54) is 12.1 Å². The van der Waals surface area contributed by atoms with Gasteiger partial charge in [-0.3, -0.25) is 4.68 Å². The van der Waals surface area contributed by atoms with Gasteiger partial charge in [-0.2, -0.15) is 9.83 Å². The molecular formula is C23H22ClFN4O. The van der Waals surface area contributed by atoms with Crippen molar-refractivity contribution in [3.8, 4) is 11.1 Å². The maximum absolute atomic E-state index is 13.5. The van der Waals surface area contributed by atoms with Crippen LogP contribution in [0.4, 0.5) is 4.39 Å². The van der Waals surface area contributed by atoms with Crippen LogP contribution < -0.4 is 10.2 Å². The molecule has 0 atom stereocenters. The van der Waals surface area contributed by atoms with Gasteiger partial charge < -0.3 is 10.2 Å². The Bertz CT molecular complexity index is 1180. The van der Waals surface area contributed by atoms with Crippen LogP contribution in [0.2, 0.25) is 5.02 Å². The summed E-state index contributed by atoms with van der Waals surface area (Å²) >= 11 is 6.16. The summed E-state index contributed by atoms with van der Waals surface area (Å²) in [7, 11) is 0. The molecule has 30 heavy (non-hydrogen) atoms. The molecule has 4 aromatic rings. The first-order valence-electron chi connectivity index (χ1n) is 10.1. The van der Waals surface area contributed by atoms with Crippen molar-refractivity contribution in [2.45, 2.75) is 25.5 Å². The first-order chi connectivity index (χ1) is 14.7. The van der Waals surface area contributed by atoms with Crippen LogP contribution in [0.5, 0.6) is 0 Å². The van der Waals surface area contributed by atoms with Gasteiger partial charge >= 0.3 is 0 Å². The Morgan fingerprint density at radius 2 is 1.97 bits per heavy atom. The predicted molar refractivity (Wildman–Crippen MR) is 116 cm³/mol. The molecule has 1 saturated heterocycles. The van der Waals surface area contributed by atoms with Gasteiger partial charge in [0.05, 0.1) is 17.8 Å². The lowest BCUT2D eigenvalue weighted by atomic mass is 10.1. The monoisotopic (exact) mass is 424 g/mol. The fourth-order valence-electron chi connectivity index (χ4n) is 3.95. The van der Waals surface area contributed by atoms with E-state index in [0.717, 1.165) is 48.0 Å². The minimum atomic E-state index is -0.330. The molecule has 0 radical (unpaired) electrons. The number of piperidine rings is 1. The molecule has 0 saturated carbocycles. The fraction of sp³-hybridized carbons (Fsp3) is 0.261. The third-order valence-corrected chi connectivity index (χ3v) is 6.01. The van der Waals surface area contributed by atoms with Gasteiger partial charge in [-0.05, 0) is 61.8 Å². The maximum Gasteiger partial charge on any atom is 0.141 e. The molecule has 0 bridgehead atoms. The first-order valence-corrected chi connectivity index (χ1v) is 10.5. The molecule has 0 aliphatic carbocycles. The number of benzene rings is 2. The Balaban J connectivity index is 1.39. The molecule has 0 spiro atoms. The first kappa shape index (κ1) is 19.2. The molecule has 1 fully saturated rings. The predicted octanol–water partition coefficient (Wildman–Crippen LogP) is 4.85. The summed E-state index contributed by atoms with van der Waals surface area (Å²) in [4.78, 5) is 5.91. The van der Waals surface area contributed by atoms with Gasteiger partial charge in [-0.15, -0.1) is 0 Å². The van der Waals surface area contributed by atoms with Crippen molar-refractivity contribution in [3.05, 3.63) is 77.5 Å². The topological polar surface area (TPSA) is 44.0 Å². The molecular weight excluding hydrogens is 403 g/mol. The van der Waals surface area contributed by atoms with Gasteiger partial charge in [0, 0.05) is 33.9 Å². The van der Waals surface area contributed by atoms with Crippen LogP contribution in [0, 0.1) is 5.82 Å². The van der Waals surface area contributed by atoms with Crippen LogP contribution in [0.1, 0.15) is 24.4 Å². The van der Waals surface area contributed by atoms with Gasteiger partial charge in [-0.25, -0.2) is 4.39 Å². The van der Waals surface area contributed by atoms with Gasteiger partial charge in [0.2, 0.25) is 0 Å². The molecule has 1 N–H and O–H groups in total. The summed E-state index contributed by atoms with van der Waals surface area (Å²) in [6, 6.07) is 13.0. The number of nitrogens with zero attached hydrogens (tertiary/aromatic N) is 3. The number of rotatable bonds is 5. The third kappa shape index (κ3) is 3.80. The lowest BCUT2D eigenvalue weighted by molar-refractivity contribution is 0.107. The quantitative estimate of drug-likeness (QED) is 0.498. The Labute approximate surface area is 179 Å². The summed E-state index contributed by atoms with van der Waals surface area (Å²) in [6.45, 7) is 2.25. The Kier molecular flexibility index (Phi) is 5.19. The van der Waals surface area contributed by atoms with Crippen LogP contribution >= 0.6 is 11.6 Å². The Morgan fingerprint density at radius 1 is 1.10 bits per heavy atom. The van der Waals surface area contributed by atoms with E-state index in [2.05, 4.69) is 39.5 Å². The maximum atomic E-state index is 13.5. The standard InChI is InChI=1S/C23H22ClFN4O/c24-22-4-3-20(25)11-18(22)15-30-29-10-7-16-1-2-17(12-23(16)29)19-13-27-28(14-19)21-5-8-26-9-6-21/h1-4,7,10-14,21,26H,5-6,8-9,15H2. The molecule has 2 aromatic heterocycles.